The molecule has 0 bridgehead atoms. The number of fused-ring (bicyclic) bond motifs is 1. The van der Waals surface area contributed by atoms with Crippen molar-refractivity contribution in [3.63, 3.8) is 0 Å². The Hall–Kier alpha value is -3.72. The predicted octanol–water partition coefficient (Wildman–Crippen LogP) is 3.46. The van der Waals surface area contributed by atoms with E-state index in [0.717, 1.165) is 22.4 Å². The largest absolute Gasteiger partial charge is 0.368 e. The number of morpholine rings is 1. The number of benzene rings is 1. The normalized spacial score (nSPS) is 16.4. The average molecular weight is 432 g/mol. The number of anilines is 2. The Morgan fingerprint density at radius 2 is 2.09 bits per heavy atom. The minimum absolute atomic E-state index is 0.0882. The molecule has 1 N–H and O–H groups in total. The Morgan fingerprint density at radius 1 is 1.19 bits per heavy atom. The van der Waals surface area contributed by atoms with Crippen molar-refractivity contribution in [3.05, 3.63) is 66.2 Å². The fraction of sp³-hybridized carbons (Fsp3) is 0.304. The highest BCUT2D eigenvalue weighted by molar-refractivity contribution is 5.79. The third-order valence-corrected chi connectivity index (χ3v) is 5.49. The third-order valence-electron chi connectivity index (χ3n) is 5.49. The fourth-order valence-electron chi connectivity index (χ4n) is 3.88. The lowest BCUT2D eigenvalue weighted by molar-refractivity contribution is -0.139. The SMILES string of the molecule is Cc1cc(Nc2cccc([C@H]3CN(C(=O)CCn4ncc5ccccc54)CCO3)n2)no1. The van der Waals surface area contributed by atoms with Crippen LogP contribution in [0.5, 0.6) is 0 Å². The van der Waals surface area contributed by atoms with Gasteiger partial charge in [0.25, 0.3) is 0 Å². The van der Waals surface area contributed by atoms with Gasteiger partial charge in [-0.25, -0.2) is 4.98 Å². The van der Waals surface area contributed by atoms with Crippen molar-refractivity contribution in [1.82, 2.24) is 24.8 Å². The van der Waals surface area contributed by atoms with Gasteiger partial charge in [0.05, 0.1) is 37.1 Å². The van der Waals surface area contributed by atoms with E-state index in [0.29, 0.717) is 44.3 Å². The summed E-state index contributed by atoms with van der Waals surface area (Å²) in [5, 5.41) is 12.5. The zero-order valence-electron chi connectivity index (χ0n) is 17.8. The van der Waals surface area contributed by atoms with Crippen LogP contribution in [0, 0.1) is 6.92 Å². The van der Waals surface area contributed by atoms with Crippen LogP contribution in [0.25, 0.3) is 10.9 Å². The van der Waals surface area contributed by atoms with Gasteiger partial charge in [-0.05, 0) is 25.1 Å². The van der Waals surface area contributed by atoms with E-state index in [4.69, 9.17) is 9.26 Å². The number of rotatable bonds is 6. The van der Waals surface area contributed by atoms with E-state index < -0.39 is 0 Å². The fourth-order valence-corrected chi connectivity index (χ4v) is 3.88. The molecule has 1 aliphatic rings. The molecule has 1 atom stereocenters. The Bertz CT molecular complexity index is 1230. The lowest BCUT2D eigenvalue weighted by atomic mass is 10.1. The predicted molar refractivity (Wildman–Crippen MR) is 118 cm³/mol. The van der Waals surface area contributed by atoms with Crippen LogP contribution in [0.1, 0.15) is 24.0 Å². The maximum absolute atomic E-state index is 12.9. The quantitative estimate of drug-likeness (QED) is 0.498. The van der Waals surface area contributed by atoms with Crippen LogP contribution in [-0.4, -0.2) is 50.4 Å². The van der Waals surface area contributed by atoms with E-state index in [1.54, 1.807) is 6.07 Å². The molecule has 9 heteroatoms. The van der Waals surface area contributed by atoms with Gasteiger partial charge >= 0.3 is 0 Å². The Labute approximate surface area is 185 Å². The molecule has 1 aliphatic heterocycles. The monoisotopic (exact) mass is 432 g/mol. The van der Waals surface area contributed by atoms with Crippen molar-refractivity contribution in [2.45, 2.75) is 26.0 Å². The maximum Gasteiger partial charge on any atom is 0.224 e. The van der Waals surface area contributed by atoms with Gasteiger partial charge in [-0.3, -0.25) is 9.48 Å². The summed E-state index contributed by atoms with van der Waals surface area (Å²) in [6.07, 6.45) is 1.94. The summed E-state index contributed by atoms with van der Waals surface area (Å²) in [4.78, 5) is 19.4. The molecule has 0 saturated carbocycles. The number of aromatic nitrogens is 4. The average Bonchev–Trinajstić information content (AvgIpc) is 3.43. The molecule has 1 aromatic carbocycles. The van der Waals surface area contributed by atoms with E-state index in [-0.39, 0.29) is 12.0 Å². The molecule has 4 heterocycles. The number of pyridine rings is 1. The molecule has 0 radical (unpaired) electrons. The van der Waals surface area contributed by atoms with Crippen LogP contribution in [0.2, 0.25) is 0 Å². The first-order valence-electron chi connectivity index (χ1n) is 10.6. The number of aryl methyl sites for hydroxylation is 2. The van der Waals surface area contributed by atoms with Gasteiger partial charge in [0.1, 0.15) is 17.7 Å². The standard InChI is InChI=1S/C23H24N6O3/c1-16-13-22(27-32-16)26-21-8-4-6-18(25-21)20-15-28(11-12-31-20)23(30)9-10-29-19-7-3-2-5-17(19)14-24-29/h2-8,13-14,20H,9-12,15H2,1H3,(H,25,26,27)/t20-/m1/s1. The molecule has 164 valence electrons. The zero-order chi connectivity index (χ0) is 21.9. The highest BCUT2D eigenvalue weighted by atomic mass is 16.5. The summed E-state index contributed by atoms with van der Waals surface area (Å²) in [5.41, 5.74) is 1.81. The maximum atomic E-state index is 12.9. The summed E-state index contributed by atoms with van der Waals surface area (Å²) in [6, 6.07) is 15.5. The molecule has 3 aromatic heterocycles. The second-order valence-corrected chi connectivity index (χ2v) is 7.77. The van der Waals surface area contributed by atoms with E-state index in [2.05, 4.69) is 20.6 Å². The minimum atomic E-state index is -0.279. The molecule has 4 aromatic rings. The van der Waals surface area contributed by atoms with Crippen molar-refractivity contribution in [2.75, 3.05) is 25.0 Å². The van der Waals surface area contributed by atoms with Crippen LogP contribution < -0.4 is 5.32 Å². The first-order valence-corrected chi connectivity index (χ1v) is 10.6. The van der Waals surface area contributed by atoms with Gasteiger partial charge < -0.3 is 19.5 Å². The van der Waals surface area contributed by atoms with Crippen molar-refractivity contribution in [1.29, 1.82) is 0 Å². The first-order chi connectivity index (χ1) is 15.7. The first kappa shape index (κ1) is 20.2. The molecule has 0 aliphatic carbocycles. The molecule has 1 amide bonds. The van der Waals surface area contributed by atoms with Crippen LogP contribution in [0.4, 0.5) is 11.6 Å². The summed E-state index contributed by atoms with van der Waals surface area (Å²) < 4.78 is 12.9. The van der Waals surface area contributed by atoms with Crippen LogP contribution in [0.3, 0.4) is 0 Å². The van der Waals surface area contributed by atoms with Crippen LogP contribution in [0.15, 0.2) is 59.3 Å². The topological polar surface area (TPSA) is 98.3 Å². The number of carbonyl (C=O) groups is 1. The van der Waals surface area contributed by atoms with Gasteiger partial charge in [-0.2, -0.15) is 5.10 Å². The molecule has 5 rings (SSSR count). The summed E-state index contributed by atoms with van der Waals surface area (Å²) in [5.74, 6) is 2.05. The summed E-state index contributed by atoms with van der Waals surface area (Å²) >= 11 is 0. The van der Waals surface area contributed by atoms with E-state index in [1.165, 1.54) is 0 Å². The number of nitrogens with zero attached hydrogens (tertiary/aromatic N) is 5. The number of hydrogen-bond donors (Lipinski definition) is 1. The molecule has 0 unspecified atom stereocenters. The number of nitrogens with one attached hydrogen (secondary N) is 1. The number of carbonyl (C=O) groups excluding carboxylic acids is 1. The van der Waals surface area contributed by atoms with Crippen molar-refractivity contribution < 1.29 is 14.1 Å². The minimum Gasteiger partial charge on any atom is -0.368 e. The van der Waals surface area contributed by atoms with Gasteiger partial charge in [0, 0.05) is 24.4 Å². The number of amides is 1. The highest BCUT2D eigenvalue weighted by Gasteiger charge is 2.26. The molecule has 32 heavy (non-hydrogen) atoms. The molecule has 0 spiro atoms. The molecular formula is C23H24N6O3. The zero-order valence-corrected chi connectivity index (χ0v) is 17.8. The lowest BCUT2D eigenvalue weighted by Crippen LogP contribution is -2.42. The molecular weight excluding hydrogens is 408 g/mol. The Balaban J connectivity index is 1.22. The van der Waals surface area contributed by atoms with E-state index in [9.17, 15) is 4.79 Å². The van der Waals surface area contributed by atoms with E-state index in [1.807, 2.05) is 65.2 Å². The van der Waals surface area contributed by atoms with Gasteiger partial charge in [0.15, 0.2) is 5.82 Å². The van der Waals surface area contributed by atoms with Crippen LogP contribution >= 0.6 is 0 Å². The summed E-state index contributed by atoms with van der Waals surface area (Å²) in [6.45, 7) is 3.90. The second-order valence-electron chi connectivity index (χ2n) is 7.77. The van der Waals surface area contributed by atoms with Crippen molar-refractivity contribution >= 4 is 28.4 Å². The van der Waals surface area contributed by atoms with Gasteiger partial charge in [-0.1, -0.05) is 29.4 Å². The molecule has 1 saturated heterocycles. The smallest absolute Gasteiger partial charge is 0.224 e. The van der Waals surface area contributed by atoms with E-state index >= 15 is 0 Å². The Kier molecular flexibility index (Phi) is 5.55. The third kappa shape index (κ3) is 4.33. The van der Waals surface area contributed by atoms with Gasteiger partial charge in [0.2, 0.25) is 5.91 Å². The molecule has 1 fully saturated rings. The lowest BCUT2D eigenvalue weighted by Gasteiger charge is -2.33. The number of para-hydroxylation sites is 1. The van der Waals surface area contributed by atoms with Crippen molar-refractivity contribution in [2.24, 2.45) is 0 Å². The summed E-state index contributed by atoms with van der Waals surface area (Å²) in [7, 11) is 0. The number of hydrogen-bond acceptors (Lipinski definition) is 7. The van der Waals surface area contributed by atoms with Gasteiger partial charge in [-0.15, -0.1) is 0 Å². The van der Waals surface area contributed by atoms with Crippen molar-refractivity contribution in [3.8, 4) is 0 Å². The Morgan fingerprint density at radius 3 is 2.97 bits per heavy atom. The second kappa shape index (κ2) is 8.80. The highest BCUT2D eigenvalue weighted by Crippen LogP contribution is 2.24. The number of ether oxygens (including phenoxy) is 1. The van der Waals surface area contributed by atoms with Crippen LogP contribution in [-0.2, 0) is 16.1 Å². The molecule has 9 nitrogen and oxygen atoms in total.